The van der Waals surface area contributed by atoms with Gasteiger partial charge in [-0.3, -0.25) is 9.80 Å². The number of hydrogen-bond donors (Lipinski definition) is 1. The van der Waals surface area contributed by atoms with Gasteiger partial charge in [0.2, 0.25) is 0 Å². The zero-order valence-electron chi connectivity index (χ0n) is 13.0. The Morgan fingerprint density at radius 3 is 2.64 bits per heavy atom. The summed E-state index contributed by atoms with van der Waals surface area (Å²) in [7, 11) is 0. The quantitative estimate of drug-likeness (QED) is 0.638. The molecule has 1 N–H and O–H groups in total. The van der Waals surface area contributed by atoms with Gasteiger partial charge in [-0.1, -0.05) is 11.8 Å². The topological polar surface area (TPSA) is 61.7 Å². The van der Waals surface area contributed by atoms with Gasteiger partial charge in [0.05, 0.1) is 19.3 Å². The molecule has 0 radical (unpaired) electrons. The summed E-state index contributed by atoms with van der Waals surface area (Å²) in [6.07, 6.45) is 6.46. The van der Waals surface area contributed by atoms with Crippen molar-refractivity contribution in [2.45, 2.75) is 30.3 Å². The molecular weight excluding hydrogens is 300 g/mol. The normalized spacial score (nSPS) is 27.9. The van der Waals surface area contributed by atoms with Crippen LogP contribution in [0.15, 0.2) is 17.6 Å². The third kappa shape index (κ3) is 3.97. The zero-order chi connectivity index (χ0) is 15.4. The van der Waals surface area contributed by atoms with Crippen molar-refractivity contribution in [2.75, 3.05) is 45.6 Å². The average Bonchev–Trinajstić information content (AvgIpc) is 2.56. The summed E-state index contributed by atoms with van der Waals surface area (Å²) in [4.78, 5) is 13.3. The van der Waals surface area contributed by atoms with Crippen LogP contribution in [0.5, 0.6) is 0 Å². The second-order valence-electron chi connectivity index (χ2n) is 5.88. The number of hydrogen-bond acceptors (Lipinski definition) is 7. The Morgan fingerprint density at radius 2 is 2.00 bits per heavy atom. The van der Waals surface area contributed by atoms with Crippen LogP contribution in [-0.2, 0) is 11.3 Å². The highest BCUT2D eigenvalue weighted by Gasteiger charge is 2.32. The number of aliphatic hydroxyl groups excluding tert-OH is 1. The molecule has 7 heteroatoms. The lowest BCUT2D eigenvalue weighted by Gasteiger charge is -2.43. The second kappa shape index (κ2) is 7.70. The van der Waals surface area contributed by atoms with E-state index in [1.54, 1.807) is 11.8 Å². The fraction of sp³-hybridized carbons (Fsp3) is 0.733. The van der Waals surface area contributed by atoms with E-state index >= 15 is 0 Å². The van der Waals surface area contributed by atoms with Crippen molar-refractivity contribution >= 4 is 11.8 Å². The van der Waals surface area contributed by atoms with E-state index in [1.807, 2.05) is 18.6 Å². The fourth-order valence-electron chi connectivity index (χ4n) is 3.25. The lowest BCUT2D eigenvalue weighted by atomic mass is 9.99. The van der Waals surface area contributed by atoms with Gasteiger partial charge in [0, 0.05) is 56.7 Å². The number of ether oxygens (including phenoxy) is 1. The number of β-amino-alcohol motifs (C(OH)–C–C–N with tert-alkyl or cyclic N) is 1. The van der Waals surface area contributed by atoms with Crippen LogP contribution in [-0.4, -0.2) is 82.7 Å². The molecule has 22 heavy (non-hydrogen) atoms. The number of aliphatic hydroxyl groups is 1. The van der Waals surface area contributed by atoms with E-state index in [0.29, 0.717) is 6.54 Å². The van der Waals surface area contributed by atoms with Crippen LogP contribution in [0.4, 0.5) is 0 Å². The number of likely N-dealkylation sites (tertiary alicyclic amines) is 1. The number of morpholine rings is 1. The molecule has 0 spiro atoms. The second-order valence-corrected chi connectivity index (χ2v) is 6.66. The van der Waals surface area contributed by atoms with Crippen LogP contribution >= 0.6 is 11.8 Å². The highest BCUT2D eigenvalue weighted by molar-refractivity contribution is 7.98. The molecule has 2 aliphatic rings. The van der Waals surface area contributed by atoms with Crippen molar-refractivity contribution in [3.63, 3.8) is 0 Å². The van der Waals surface area contributed by atoms with E-state index in [1.165, 1.54) is 0 Å². The zero-order valence-corrected chi connectivity index (χ0v) is 13.8. The van der Waals surface area contributed by atoms with E-state index in [-0.39, 0.29) is 12.1 Å². The smallest absolute Gasteiger partial charge is 0.187 e. The van der Waals surface area contributed by atoms with E-state index < -0.39 is 0 Å². The minimum absolute atomic E-state index is 0.273. The minimum atomic E-state index is -0.293. The van der Waals surface area contributed by atoms with Crippen molar-refractivity contribution < 1.29 is 9.84 Å². The van der Waals surface area contributed by atoms with Crippen molar-refractivity contribution in [1.29, 1.82) is 0 Å². The molecule has 0 aromatic carbocycles. The maximum absolute atomic E-state index is 10.5. The molecule has 2 fully saturated rings. The summed E-state index contributed by atoms with van der Waals surface area (Å²) >= 11 is 1.55. The number of aromatic nitrogens is 2. The Morgan fingerprint density at radius 1 is 1.27 bits per heavy atom. The number of thioether (sulfide) groups is 1. The first kappa shape index (κ1) is 16.1. The molecule has 2 aliphatic heterocycles. The van der Waals surface area contributed by atoms with Crippen LogP contribution in [0.25, 0.3) is 0 Å². The first-order chi connectivity index (χ1) is 10.8. The summed E-state index contributed by atoms with van der Waals surface area (Å²) in [5.74, 6) is 0. The van der Waals surface area contributed by atoms with Gasteiger partial charge in [0.1, 0.15) is 0 Å². The van der Waals surface area contributed by atoms with Gasteiger partial charge in [-0.05, 0) is 12.7 Å². The molecule has 1 aromatic heterocycles. The fourth-order valence-corrected chi connectivity index (χ4v) is 3.57. The third-order valence-electron chi connectivity index (χ3n) is 4.42. The number of nitrogens with zero attached hydrogens (tertiary/aromatic N) is 4. The van der Waals surface area contributed by atoms with Gasteiger partial charge < -0.3 is 9.84 Å². The SMILES string of the molecule is CSc1ncc(CN2CC[C@@H](N3CCOCC3)[C@H](O)C2)cn1. The van der Waals surface area contributed by atoms with E-state index in [9.17, 15) is 5.11 Å². The molecule has 0 unspecified atom stereocenters. The lowest BCUT2D eigenvalue weighted by Crippen LogP contribution is -2.56. The van der Waals surface area contributed by atoms with Gasteiger partial charge in [-0.15, -0.1) is 0 Å². The molecular formula is C15H24N4O2S. The number of rotatable bonds is 4. The molecule has 0 aliphatic carbocycles. The van der Waals surface area contributed by atoms with Gasteiger partial charge in [0.15, 0.2) is 5.16 Å². The monoisotopic (exact) mass is 324 g/mol. The minimum Gasteiger partial charge on any atom is -0.390 e. The summed E-state index contributed by atoms with van der Waals surface area (Å²) in [6, 6.07) is 0.273. The molecule has 3 heterocycles. The summed E-state index contributed by atoms with van der Waals surface area (Å²) in [6.45, 7) is 5.97. The first-order valence-electron chi connectivity index (χ1n) is 7.83. The first-order valence-corrected chi connectivity index (χ1v) is 9.06. The Balaban J connectivity index is 1.52. The molecule has 2 atom stereocenters. The van der Waals surface area contributed by atoms with Crippen LogP contribution in [0.1, 0.15) is 12.0 Å². The Kier molecular flexibility index (Phi) is 5.65. The summed E-state index contributed by atoms with van der Waals surface area (Å²) in [5.41, 5.74) is 1.11. The highest BCUT2D eigenvalue weighted by atomic mass is 32.2. The molecule has 0 bridgehead atoms. The predicted octanol–water partition coefficient (Wildman–Crippen LogP) is 0.466. The standard InChI is InChI=1S/C15H24N4O2S/c1-22-15-16-8-12(9-17-15)10-18-3-2-13(14(20)11-18)19-4-6-21-7-5-19/h8-9,13-14,20H,2-7,10-11H2,1H3/t13-,14-/m1/s1. The van der Waals surface area contributed by atoms with Crippen LogP contribution < -0.4 is 0 Å². The third-order valence-corrected chi connectivity index (χ3v) is 4.99. The van der Waals surface area contributed by atoms with Crippen molar-refractivity contribution in [2.24, 2.45) is 0 Å². The van der Waals surface area contributed by atoms with E-state index in [2.05, 4.69) is 19.8 Å². The average molecular weight is 324 g/mol. The van der Waals surface area contributed by atoms with Gasteiger partial charge in [0.25, 0.3) is 0 Å². The molecule has 6 nitrogen and oxygen atoms in total. The summed E-state index contributed by atoms with van der Waals surface area (Å²) in [5, 5.41) is 11.3. The molecule has 1 aromatic rings. The molecule has 0 amide bonds. The van der Waals surface area contributed by atoms with Crippen LogP contribution in [0.3, 0.4) is 0 Å². The van der Waals surface area contributed by atoms with Crippen LogP contribution in [0, 0.1) is 0 Å². The largest absolute Gasteiger partial charge is 0.390 e. The van der Waals surface area contributed by atoms with Crippen LogP contribution in [0.2, 0.25) is 0 Å². The maximum atomic E-state index is 10.5. The van der Waals surface area contributed by atoms with Gasteiger partial charge >= 0.3 is 0 Å². The molecule has 3 rings (SSSR count). The van der Waals surface area contributed by atoms with E-state index in [4.69, 9.17) is 4.74 Å². The van der Waals surface area contributed by atoms with Gasteiger partial charge in [-0.2, -0.15) is 0 Å². The number of piperidine rings is 1. The summed E-state index contributed by atoms with van der Waals surface area (Å²) < 4.78 is 5.40. The maximum Gasteiger partial charge on any atom is 0.187 e. The molecule has 2 saturated heterocycles. The molecule has 122 valence electrons. The lowest BCUT2D eigenvalue weighted by molar-refractivity contribution is -0.0534. The van der Waals surface area contributed by atoms with Gasteiger partial charge in [-0.25, -0.2) is 9.97 Å². The highest BCUT2D eigenvalue weighted by Crippen LogP contribution is 2.20. The Bertz CT molecular complexity index is 467. The van der Waals surface area contributed by atoms with Crippen molar-refractivity contribution in [3.05, 3.63) is 18.0 Å². The predicted molar refractivity (Wildman–Crippen MR) is 85.9 cm³/mol. The van der Waals surface area contributed by atoms with E-state index in [0.717, 1.165) is 56.5 Å². The Hall–Kier alpha value is -0.730. The Labute approximate surface area is 135 Å². The van der Waals surface area contributed by atoms with Crippen molar-refractivity contribution in [3.8, 4) is 0 Å². The van der Waals surface area contributed by atoms with Crippen molar-refractivity contribution in [1.82, 2.24) is 19.8 Å². The molecule has 0 saturated carbocycles.